The molecule has 35 heavy (non-hydrogen) atoms. The first-order chi connectivity index (χ1) is 16.9. The molecule has 0 aromatic heterocycles. The van der Waals surface area contributed by atoms with Gasteiger partial charge in [-0.25, -0.2) is 12.8 Å². The van der Waals surface area contributed by atoms with Crippen molar-refractivity contribution >= 4 is 33.0 Å². The number of carbonyl (C=O) groups is 1. The summed E-state index contributed by atoms with van der Waals surface area (Å²) >= 11 is 0. The molecule has 1 saturated heterocycles. The molecule has 0 spiro atoms. The highest BCUT2D eigenvalue weighted by molar-refractivity contribution is 7.92. The van der Waals surface area contributed by atoms with Crippen molar-refractivity contribution < 1.29 is 22.3 Å². The third-order valence-corrected chi connectivity index (χ3v) is 7.31. The maximum atomic E-state index is 13.8. The molecular weight excluding hydrogens is 469 g/mol. The number of carbonyl (C=O) groups excluding carboxylic acids is 1. The number of aryl methyl sites for hydroxylation is 1. The van der Waals surface area contributed by atoms with Gasteiger partial charge in [0.2, 0.25) is 5.91 Å². The topological polar surface area (TPSA) is 87.7 Å². The van der Waals surface area contributed by atoms with E-state index >= 15 is 0 Å². The quantitative estimate of drug-likeness (QED) is 0.443. The highest BCUT2D eigenvalue weighted by Crippen LogP contribution is 2.32. The Labute approximate surface area is 205 Å². The number of ether oxygens (including phenoxy) is 1. The summed E-state index contributed by atoms with van der Waals surface area (Å²) < 4.78 is 48.4. The largest absolute Gasteiger partial charge is 0.497 e. The summed E-state index contributed by atoms with van der Waals surface area (Å²) in [4.78, 5) is 14.6. The second-order valence-corrected chi connectivity index (χ2v) is 10.0. The number of nitrogens with one attached hydrogen (secondary N) is 2. The van der Waals surface area contributed by atoms with Crippen molar-refractivity contribution in [2.75, 3.05) is 35.1 Å². The van der Waals surface area contributed by atoms with E-state index in [0.717, 1.165) is 25.9 Å². The maximum Gasteiger partial charge on any atom is 0.264 e. The molecule has 2 N–H and O–H groups in total. The van der Waals surface area contributed by atoms with Crippen molar-refractivity contribution in [3.63, 3.8) is 0 Å². The van der Waals surface area contributed by atoms with Crippen LogP contribution in [0.1, 0.15) is 24.8 Å². The molecule has 7 nitrogen and oxygen atoms in total. The summed E-state index contributed by atoms with van der Waals surface area (Å²) in [6.07, 6.45) is 2.29. The van der Waals surface area contributed by atoms with Gasteiger partial charge in [-0.2, -0.15) is 0 Å². The number of methoxy groups -OCH3 is 1. The molecule has 9 heteroatoms. The summed E-state index contributed by atoms with van der Waals surface area (Å²) in [7, 11) is -2.41. The van der Waals surface area contributed by atoms with Crippen molar-refractivity contribution in [1.82, 2.24) is 0 Å². The van der Waals surface area contributed by atoms with Gasteiger partial charge in [0, 0.05) is 30.9 Å². The van der Waals surface area contributed by atoms with Gasteiger partial charge in [-0.05, 0) is 73.4 Å². The van der Waals surface area contributed by atoms with Crippen molar-refractivity contribution in [3.8, 4) is 5.75 Å². The zero-order chi connectivity index (χ0) is 24.8. The number of halogens is 1. The van der Waals surface area contributed by atoms with Crippen LogP contribution < -0.4 is 19.7 Å². The summed E-state index contributed by atoms with van der Waals surface area (Å²) in [6.45, 7) is 1.53. The lowest BCUT2D eigenvalue weighted by molar-refractivity contribution is -0.116. The molecule has 0 unspecified atom stereocenters. The molecule has 0 atom stereocenters. The maximum absolute atomic E-state index is 13.8. The van der Waals surface area contributed by atoms with Gasteiger partial charge in [-0.1, -0.05) is 18.2 Å². The van der Waals surface area contributed by atoms with Gasteiger partial charge in [0.25, 0.3) is 10.0 Å². The number of nitrogens with zero attached hydrogens (tertiary/aromatic N) is 1. The van der Waals surface area contributed by atoms with Crippen LogP contribution in [0.4, 0.5) is 21.5 Å². The van der Waals surface area contributed by atoms with Crippen LogP contribution in [0, 0.1) is 5.82 Å². The second-order valence-electron chi connectivity index (χ2n) is 8.35. The monoisotopic (exact) mass is 497 g/mol. The average molecular weight is 498 g/mol. The molecule has 1 aliphatic heterocycles. The first-order valence-electron chi connectivity index (χ1n) is 11.4. The van der Waals surface area contributed by atoms with Gasteiger partial charge >= 0.3 is 0 Å². The summed E-state index contributed by atoms with van der Waals surface area (Å²) in [5.74, 6) is -0.0623. The molecule has 3 aromatic carbocycles. The van der Waals surface area contributed by atoms with E-state index in [1.807, 2.05) is 4.90 Å². The van der Waals surface area contributed by atoms with Crippen LogP contribution in [0.3, 0.4) is 0 Å². The van der Waals surface area contributed by atoms with Gasteiger partial charge in [0.1, 0.15) is 16.5 Å². The van der Waals surface area contributed by atoms with E-state index in [4.69, 9.17) is 4.74 Å². The highest BCUT2D eigenvalue weighted by atomic mass is 32.2. The molecule has 1 aliphatic rings. The molecule has 0 bridgehead atoms. The molecule has 184 valence electrons. The van der Waals surface area contributed by atoms with E-state index in [0.29, 0.717) is 28.4 Å². The predicted molar refractivity (Wildman–Crippen MR) is 135 cm³/mol. The van der Waals surface area contributed by atoms with Gasteiger partial charge in [-0.15, -0.1) is 0 Å². The Morgan fingerprint density at radius 3 is 2.37 bits per heavy atom. The van der Waals surface area contributed by atoms with E-state index < -0.39 is 10.0 Å². The first-order valence-corrected chi connectivity index (χ1v) is 12.9. The minimum absolute atomic E-state index is 0.0704. The number of anilines is 3. The van der Waals surface area contributed by atoms with Crippen LogP contribution in [-0.2, 0) is 21.2 Å². The Kier molecular flexibility index (Phi) is 7.55. The molecule has 1 fully saturated rings. The number of amides is 1. The van der Waals surface area contributed by atoms with Gasteiger partial charge in [0.15, 0.2) is 0 Å². The number of sulfonamides is 1. The van der Waals surface area contributed by atoms with Crippen LogP contribution in [0.2, 0.25) is 0 Å². The van der Waals surface area contributed by atoms with Crippen LogP contribution >= 0.6 is 0 Å². The Hall–Kier alpha value is -3.59. The lowest BCUT2D eigenvalue weighted by Crippen LogP contribution is -2.23. The predicted octanol–water partition coefficient (Wildman–Crippen LogP) is 4.81. The molecular formula is C26H28FN3O4S. The summed E-state index contributed by atoms with van der Waals surface area (Å²) in [6, 6.07) is 17.8. The normalized spacial score (nSPS) is 13.5. The zero-order valence-electron chi connectivity index (χ0n) is 19.5. The smallest absolute Gasteiger partial charge is 0.264 e. The van der Waals surface area contributed by atoms with Crippen molar-refractivity contribution in [3.05, 3.63) is 78.1 Å². The molecule has 0 radical (unpaired) electrons. The average Bonchev–Trinajstić information content (AvgIpc) is 3.39. The van der Waals surface area contributed by atoms with E-state index in [9.17, 15) is 17.6 Å². The van der Waals surface area contributed by atoms with Gasteiger partial charge in [0.05, 0.1) is 12.8 Å². The SMILES string of the molecule is COc1ccc(NS(=O)(=O)c2cc(NC(=O)CCc3ccccc3F)ccc2N2CCCC2)cc1. The van der Waals surface area contributed by atoms with Crippen LogP contribution in [0.5, 0.6) is 5.75 Å². The van der Waals surface area contributed by atoms with Crippen LogP contribution in [-0.4, -0.2) is 34.5 Å². The van der Waals surface area contributed by atoms with Gasteiger partial charge in [-0.3, -0.25) is 9.52 Å². The molecule has 0 aliphatic carbocycles. The Morgan fingerprint density at radius 2 is 1.69 bits per heavy atom. The Balaban J connectivity index is 1.55. The van der Waals surface area contributed by atoms with E-state index in [-0.39, 0.29) is 29.5 Å². The van der Waals surface area contributed by atoms with Gasteiger partial charge < -0.3 is 15.0 Å². The third-order valence-electron chi connectivity index (χ3n) is 5.90. The molecule has 1 amide bonds. The number of hydrogen-bond acceptors (Lipinski definition) is 5. The lowest BCUT2D eigenvalue weighted by Gasteiger charge is -2.22. The standard InChI is InChI=1S/C26H28FN3O4S/c1-34-22-12-9-20(10-13-22)29-35(32,33)25-18-21(11-14-24(25)30-16-4-5-17-30)28-26(31)15-8-19-6-2-3-7-23(19)27/h2-3,6-7,9-14,18,29H,4-5,8,15-17H2,1H3,(H,28,31). The molecule has 1 heterocycles. The van der Waals surface area contributed by atoms with E-state index in [1.54, 1.807) is 54.6 Å². The zero-order valence-corrected chi connectivity index (χ0v) is 20.3. The van der Waals surface area contributed by atoms with Crippen molar-refractivity contribution in [2.45, 2.75) is 30.6 Å². The van der Waals surface area contributed by atoms with Crippen molar-refractivity contribution in [1.29, 1.82) is 0 Å². The van der Waals surface area contributed by atoms with Crippen molar-refractivity contribution in [2.24, 2.45) is 0 Å². The number of benzene rings is 3. The second kappa shape index (κ2) is 10.8. The van der Waals surface area contributed by atoms with E-state index in [1.165, 1.54) is 19.2 Å². The third kappa shape index (κ3) is 6.10. The fourth-order valence-electron chi connectivity index (χ4n) is 4.07. The molecule has 4 rings (SSSR count). The lowest BCUT2D eigenvalue weighted by atomic mass is 10.1. The van der Waals surface area contributed by atoms with E-state index in [2.05, 4.69) is 10.0 Å². The molecule has 3 aromatic rings. The Bertz CT molecular complexity index is 1290. The Morgan fingerprint density at radius 1 is 1.00 bits per heavy atom. The summed E-state index contributed by atoms with van der Waals surface area (Å²) in [5, 5.41) is 2.75. The molecule has 0 saturated carbocycles. The first kappa shape index (κ1) is 24.5. The minimum Gasteiger partial charge on any atom is -0.497 e. The fourth-order valence-corrected chi connectivity index (χ4v) is 5.38. The minimum atomic E-state index is -3.95. The number of rotatable bonds is 9. The summed E-state index contributed by atoms with van der Waals surface area (Å²) in [5.41, 5.74) is 1.81. The number of hydrogen-bond donors (Lipinski definition) is 2. The van der Waals surface area contributed by atoms with Crippen LogP contribution in [0.25, 0.3) is 0 Å². The highest BCUT2D eigenvalue weighted by Gasteiger charge is 2.25. The fraction of sp³-hybridized carbons (Fsp3) is 0.269. The van der Waals surface area contributed by atoms with Crippen LogP contribution in [0.15, 0.2) is 71.6 Å².